The van der Waals surface area contributed by atoms with E-state index in [1.807, 2.05) is 0 Å². The highest BCUT2D eigenvalue weighted by Crippen LogP contribution is 2.46. The van der Waals surface area contributed by atoms with Crippen LogP contribution in [0.3, 0.4) is 0 Å². The molecule has 3 rings (SSSR count). The van der Waals surface area contributed by atoms with Crippen LogP contribution in [-0.2, 0) is 0 Å². The number of halogens is 2. The van der Waals surface area contributed by atoms with Gasteiger partial charge in [-0.15, -0.1) is 0 Å². The molecular weight excluding hydrogens is 251 g/mol. The summed E-state index contributed by atoms with van der Waals surface area (Å²) in [6, 6.07) is 4.32. The van der Waals surface area contributed by atoms with E-state index >= 15 is 0 Å². The van der Waals surface area contributed by atoms with Gasteiger partial charge < -0.3 is 0 Å². The average molecular weight is 269 g/mol. The maximum atomic E-state index is 6.46. The zero-order valence-electron chi connectivity index (χ0n) is 10.0. The van der Waals surface area contributed by atoms with Crippen molar-refractivity contribution in [2.45, 2.75) is 56.8 Å². The minimum Gasteiger partial charge on any atom is -0.0840 e. The van der Waals surface area contributed by atoms with E-state index in [-0.39, 0.29) is 0 Å². The van der Waals surface area contributed by atoms with Crippen molar-refractivity contribution in [3.63, 3.8) is 0 Å². The molecule has 0 saturated heterocycles. The lowest BCUT2D eigenvalue weighted by Crippen LogP contribution is -2.06. The second kappa shape index (κ2) is 4.82. The van der Waals surface area contributed by atoms with Crippen LogP contribution in [0.25, 0.3) is 0 Å². The highest BCUT2D eigenvalue weighted by atomic mass is 35.5. The van der Waals surface area contributed by atoms with Crippen LogP contribution in [0.1, 0.15) is 67.9 Å². The molecule has 0 heterocycles. The zero-order valence-corrected chi connectivity index (χ0v) is 11.5. The molecule has 0 spiro atoms. The van der Waals surface area contributed by atoms with Gasteiger partial charge in [-0.3, -0.25) is 0 Å². The van der Waals surface area contributed by atoms with Crippen LogP contribution in [0, 0.1) is 0 Å². The first kappa shape index (κ1) is 11.9. The van der Waals surface area contributed by atoms with Gasteiger partial charge in [0, 0.05) is 10.0 Å². The standard InChI is InChI=1S/C15H18Cl2/c16-13-8-12(10-6-7-10)9-14(17)15(13)11-4-2-1-3-5-11/h8-11H,1-7H2. The molecular formula is C15H18Cl2. The SMILES string of the molecule is Clc1cc(C2CC2)cc(Cl)c1C1CCCCC1. The molecule has 0 N–H and O–H groups in total. The van der Waals surface area contributed by atoms with Gasteiger partial charge in [0.15, 0.2) is 0 Å². The van der Waals surface area contributed by atoms with E-state index < -0.39 is 0 Å². The minimum atomic E-state index is 0.594. The van der Waals surface area contributed by atoms with Crippen molar-refractivity contribution >= 4 is 23.2 Å². The van der Waals surface area contributed by atoms with E-state index in [9.17, 15) is 0 Å². The molecule has 0 radical (unpaired) electrons. The summed E-state index contributed by atoms with van der Waals surface area (Å²) >= 11 is 12.9. The van der Waals surface area contributed by atoms with E-state index in [1.54, 1.807) is 0 Å². The van der Waals surface area contributed by atoms with Crippen LogP contribution in [0.15, 0.2) is 12.1 Å². The Hall–Kier alpha value is -0.200. The van der Waals surface area contributed by atoms with E-state index in [2.05, 4.69) is 12.1 Å². The summed E-state index contributed by atoms with van der Waals surface area (Å²) in [6.45, 7) is 0. The van der Waals surface area contributed by atoms with Crippen LogP contribution in [-0.4, -0.2) is 0 Å². The zero-order chi connectivity index (χ0) is 11.8. The summed E-state index contributed by atoms with van der Waals surface area (Å²) < 4.78 is 0. The van der Waals surface area contributed by atoms with Gasteiger partial charge in [0.2, 0.25) is 0 Å². The second-order valence-electron chi connectivity index (χ2n) is 5.51. The van der Waals surface area contributed by atoms with Gasteiger partial charge in [-0.05, 0) is 60.8 Å². The molecule has 2 aliphatic rings. The summed E-state index contributed by atoms with van der Waals surface area (Å²) in [6.07, 6.45) is 9.12. The third kappa shape index (κ3) is 2.48. The predicted octanol–water partition coefficient (Wildman–Crippen LogP) is 5.92. The number of benzene rings is 1. The summed E-state index contributed by atoms with van der Waals surface area (Å²) in [5.74, 6) is 1.32. The summed E-state index contributed by atoms with van der Waals surface area (Å²) in [4.78, 5) is 0. The number of rotatable bonds is 2. The monoisotopic (exact) mass is 268 g/mol. The van der Waals surface area contributed by atoms with Gasteiger partial charge in [0.1, 0.15) is 0 Å². The van der Waals surface area contributed by atoms with Gasteiger partial charge in [0.05, 0.1) is 0 Å². The van der Waals surface area contributed by atoms with Crippen molar-refractivity contribution in [2.75, 3.05) is 0 Å². The summed E-state index contributed by atoms with van der Waals surface area (Å²) in [5, 5.41) is 1.82. The van der Waals surface area contributed by atoms with Crippen molar-refractivity contribution in [1.29, 1.82) is 0 Å². The molecule has 0 bridgehead atoms. The van der Waals surface area contributed by atoms with Crippen molar-refractivity contribution in [1.82, 2.24) is 0 Å². The van der Waals surface area contributed by atoms with Crippen molar-refractivity contribution in [3.8, 4) is 0 Å². The third-order valence-corrected chi connectivity index (χ3v) is 4.79. The minimum absolute atomic E-state index is 0.594. The Kier molecular flexibility index (Phi) is 3.36. The molecule has 2 aliphatic carbocycles. The highest BCUT2D eigenvalue weighted by Gasteiger charge is 2.27. The molecule has 1 aromatic carbocycles. The lowest BCUT2D eigenvalue weighted by molar-refractivity contribution is 0.444. The quantitative estimate of drug-likeness (QED) is 0.625. The molecule has 92 valence electrons. The first-order chi connectivity index (χ1) is 8.25. The highest BCUT2D eigenvalue weighted by molar-refractivity contribution is 6.36. The van der Waals surface area contributed by atoms with Gasteiger partial charge >= 0.3 is 0 Å². The fourth-order valence-electron chi connectivity index (χ4n) is 3.04. The fourth-order valence-corrected chi connectivity index (χ4v) is 3.85. The normalized spacial score (nSPS) is 21.8. The van der Waals surface area contributed by atoms with Gasteiger partial charge in [-0.2, -0.15) is 0 Å². The third-order valence-electron chi connectivity index (χ3n) is 4.16. The lowest BCUT2D eigenvalue weighted by atomic mass is 9.83. The maximum absolute atomic E-state index is 6.46. The van der Waals surface area contributed by atoms with Crippen molar-refractivity contribution < 1.29 is 0 Å². The van der Waals surface area contributed by atoms with E-state index in [0.29, 0.717) is 5.92 Å². The molecule has 2 saturated carbocycles. The molecule has 0 aliphatic heterocycles. The molecule has 2 fully saturated rings. The van der Waals surface area contributed by atoms with Crippen LogP contribution in [0.4, 0.5) is 0 Å². The summed E-state index contributed by atoms with van der Waals surface area (Å²) in [5.41, 5.74) is 2.57. The molecule has 0 nitrogen and oxygen atoms in total. The molecule has 0 amide bonds. The number of hydrogen-bond donors (Lipinski definition) is 0. The first-order valence-corrected chi connectivity index (χ1v) is 7.50. The Balaban J connectivity index is 1.92. The topological polar surface area (TPSA) is 0 Å². The smallest absolute Gasteiger partial charge is 0.0458 e. The van der Waals surface area contributed by atoms with Crippen molar-refractivity contribution in [3.05, 3.63) is 33.3 Å². The average Bonchev–Trinajstić information content (AvgIpc) is 3.13. The molecule has 2 heteroatoms. The molecule has 0 unspecified atom stereocenters. The van der Waals surface area contributed by atoms with Crippen LogP contribution in [0.2, 0.25) is 10.0 Å². The molecule has 0 aromatic heterocycles. The van der Waals surface area contributed by atoms with E-state index in [4.69, 9.17) is 23.2 Å². The van der Waals surface area contributed by atoms with Gasteiger partial charge in [-0.25, -0.2) is 0 Å². The molecule has 0 atom stereocenters. The fraction of sp³-hybridized carbons (Fsp3) is 0.600. The van der Waals surface area contributed by atoms with Gasteiger partial charge in [0.25, 0.3) is 0 Å². The lowest BCUT2D eigenvalue weighted by Gasteiger charge is -2.24. The van der Waals surface area contributed by atoms with Crippen LogP contribution in [0.5, 0.6) is 0 Å². The second-order valence-corrected chi connectivity index (χ2v) is 6.32. The molecule has 17 heavy (non-hydrogen) atoms. The Bertz CT molecular complexity index is 392. The Morgan fingerprint density at radius 1 is 0.765 bits per heavy atom. The maximum Gasteiger partial charge on any atom is 0.0458 e. The number of hydrogen-bond acceptors (Lipinski definition) is 0. The predicted molar refractivity (Wildman–Crippen MR) is 74.3 cm³/mol. The largest absolute Gasteiger partial charge is 0.0840 e. The van der Waals surface area contributed by atoms with Gasteiger partial charge in [-0.1, -0.05) is 42.5 Å². The first-order valence-electron chi connectivity index (χ1n) is 6.74. The van der Waals surface area contributed by atoms with Crippen LogP contribution < -0.4 is 0 Å². The molecule has 1 aromatic rings. The van der Waals surface area contributed by atoms with E-state index in [1.165, 1.54) is 56.1 Å². The summed E-state index contributed by atoms with van der Waals surface area (Å²) in [7, 11) is 0. The van der Waals surface area contributed by atoms with E-state index in [0.717, 1.165) is 16.0 Å². The van der Waals surface area contributed by atoms with Crippen LogP contribution >= 0.6 is 23.2 Å². The van der Waals surface area contributed by atoms with Crippen molar-refractivity contribution in [2.24, 2.45) is 0 Å². The Morgan fingerprint density at radius 2 is 1.35 bits per heavy atom. The Morgan fingerprint density at radius 3 is 1.88 bits per heavy atom. The Labute approximate surface area is 113 Å².